The molecule has 0 aliphatic carbocycles. The van der Waals surface area contributed by atoms with Crippen molar-refractivity contribution in [3.8, 4) is 0 Å². The third kappa shape index (κ3) is 3.89. The number of rotatable bonds is 3. The largest absolute Gasteiger partial charge is 0.371 e. The SMILES string of the molecule is Clc1ccccc1COC1COC(C(Cl)(Cl)Cl)C1. The third-order valence-corrected chi connectivity index (χ3v) is 3.86. The number of alkyl halides is 3. The van der Waals surface area contributed by atoms with Crippen LogP contribution < -0.4 is 0 Å². The Labute approximate surface area is 126 Å². The predicted octanol–water partition coefficient (Wildman–Crippen LogP) is 4.38. The van der Waals surface area contributed by atoms with Gasteiger partial charge in [0.2, 0.25) is 3.79 Å². The van der Waals surface area contributed by atoms with E-state index in [0.29, 0.717) is 24.7 Å². The van der Waals surface area contributed by atoms with Crippen LogP contribution >= 0.6 is 46.4 Å². The van der Waals surface area contributed by atoms with Crippen molar-refractivity contribution in [2.45, 2.75) is 29.0 Å². The molecule has 0 spiro atoms. The molecular weight excluding hydrogens is 318 g/mol. The average Bonchev–Trinajstić information content (AvgIpc) is 2.76. The van der Waals surface area contributed by atoms with Crippen molar-refractivity contribution in [1.29, 1.82) is 0 Å². The predicted molar refractivity (Wildman–Crippen MR) is 74.7 cm³/mol. The Morgan fingerprint density at radius 3 is 2.61 bits per heavy atom. The molecule has 2 atom stereocenters. The molecule has 1 heterocycles. The topological polar surface area (TPSA) is 18.5 Å². The van der Waals surface area contributed by atoms with Crippen molar-refractivity contribution in [3.05, 3.63) is 34.9 Å². The van der Waals surface area contributed by atoms with Crippen LogP contribution in [0.5, 0.6) is 0 Å². The normalized spacial score (nSPS) is 24.4. The fourth-order valence-electron chi connectivity index (χ4n) is 1.77. The Balaban J connectivity index is 1.84. The van der Waals surface area contributed by atoms with Crippen LogP contribution in [0, 0.1) is 0 Å². The highest BCUT2D eigenvalue weighted by molar-refractivity contribution is 6.68. The lowest BCUT2D eigenvalue weighted by atomic mass is 10.2. The van der Waals surface area contributed by atoms with Gasteiger partial charge in [-0.15, -0.1) is 0 Å². The van der Waals surface area contributed by atoms with Crippen LogP contribution in [0.1, 0.15) is 12.0 Å². The second-order valence-electron chi connectivity index (χ2n) is 4.12. The zero-order valence-electron chi connectivity index (χ0n) is 9.41. The van der Waals surface area contributed by atoms with Crippen LogP contribution in [-0.4, -0.2) is 22.6 Å². The van der Waals surface area contributed by atoms with E-state index in [4.69, 9.17) is 55.9 Å². The molecule has 2 rings (SSSR count). The fraction of sp³-hybridized carbons (Fsp3) is 0.500. The van der Waals surface area contributed by atoms with Crippen molar-refractivity contribution in [1.82, 2.24) is 0 Å². The summed E-state index contributed by atoms with van der Waals surface area (Å²) in [5.41, 5.74) is 0.941. The van der Waals surface area contributed by atoms with Gasteiger partial charge in [-0.2, -0.15) is 0 Å². The van der Waals surface area contributed by atoms with Crippen molar-refractivity contribution in [2.24, 2.45) is 0 Å². The van der Waals surface area contributed by atoms with Crippen LogP contribution in [0.2, 0.25) is 5.02 Å². The summed E-state index contributed by atoms with van der Waals surface area (Å²) in [4.78, 5) is 0. The van der Waals surface area contributed by atoms with E-state index < -0.39 is 9.90 Å². The van der Waals surface area contributed by atoms with Crippen LogP contribution in [0.4, 0.5) is 0 Å². The summed E-state index contributed by atoms with van der Waals surface area (Å²) in [5.74, 6) is 0. The summed E-state index contributed by atoms with van der Waals surface area (Å²) >= 11 is 23.4. The van der Waals surface area contributed by atoms with E-state index in [-0.39, 0.29) is 6.10 Å². The van der Waals surface area contributed by atoms with E-state index in [9.17, 15) is 0 Å². The lowest BCUT2D eigenvalue weighted by molar-refractivity contribution is 0.0279. The lowest BCUT2D eigenvalue weighted by Gasteiger charge is -2.18. The minimum atomic E-state index is -1.40. The van der Waals surface area contributed by atoms with Crippen LogP contribution in [0.3, 0.4) is 0 Å². The Hall–Kier alpha value is 0.300. The van der Waals surface area contributed by atoms with Crippen LogP contribution in [0.15, 0.2) is 24.3 Å². The minimum absolute atomic E-state index is 0.0677. The van der Waals surface area contributed by atoms with E-state index in [1.807, 2.05) is 24.3 Å². The van der Waals surface area contributed by atoms with Gasteiger partial charge >= 0.3 is 0 Å². The molecule has 1 aliphatic heterocycles. The summed E-state index contributed by atoms with van der Waals surface area (Å²) in [6, 6.07) is 7.54. The van der Waals surface area contributed by atoms with E-state index in [1.165, 1.54) is 0 Å². The number of hydrogen-bond acceptors (Lipinski definition) is 2. The highest BCUT2D eigenvalue weighted by Gasteiger charge is 2.40. The fourth-order valence-corrected chi connectivity index (χ4v) is 2.41. The van der Waals surface area contributed by atoms with Gasteiger partial charge in [0, 0.05) is 11.4 Å². The third-order valence-electron chi connectivity index (χ3n) is 2.76. The van der Waals surface area contributed by atoms with Gasteiger partial charge in [0.25, 0.3) is 0 Å². The maximum Gasteiger partial charge on any atom is 0.216 e. The van der Waals surface area contributed by atoms with Crippen molar-refractivity contribution >= 4 is 46.4 Å². The Kier molecular flexibility index (Phi) is 5.04. The first-order chi connectivity index (χ1) is 8.47. The van der Waals surface area contributed by atoms with E-state index in [1.54, 1.807) is 0 Å². The molecule has 0 aromatic heterocycles. The molecule has 0 bridgehead atoms. The van der Waals surface area contributed by atoms with Crippen molar-refractivity contribution in [2.75, 3.05) is 6.61 Å². The molecule has 1 aromatic rings. The van der Waals surface area contributed by atoms with Crippen molar-refractivity contribution < 1.29 is 9.47 Å². The highest BCUT2D eigenvalue weighted by atomic mass is 35.6. The monoisotopic (exact) mass is 328 g/mol. The molecule has 0 radical (unpaired) electrons. The van der Waals surface area contributed by atoms with Gasteiger partial charge in [0.15, 0.2) is 0 Å². The van der Waals surface area contributed by atoms with Gasteiger partial charge < -0.3 is 9.47 Å². The number of hydrogen-bond donors (Lipinski definition) is 0. The van der Waals surface area contributed by atoms with Crippen LogP contribution in [-0.2, 0) is 16.1 Å². The van der Waals surface area contributed by atoms with Gasteiger partial charge in [-0.1, -0.05) is 64.6 Å². The first-order valence-electron chi connectivity index (χ1n) is 5.50. The van der Waals surface area contributed by atoms with E-state index in [2.05, 4.69) is 0 Å². The molecule has 18 heavy (non-hydrogen) atoms. The maximum absolute atomic E-state index is 6.04. The van der Waals surface area contributed by atoms with Crippen LogP contribution in [0.25, 0.3) is 0 Å². The molecule has 2 nitrogen and oxygen atoms in total. The molecule has 100 valence electrons. The number of benzene rings is 1. The smallest absolute Gasteiger partial charge is 0.216 e. The molecule has 1 aromatic carbocycles. The van der Waals surface area contributed by atoms with E-state index >= 15 is 0 Å². The maximum atomic E-state index is 6.04. The van der Waals surface area contributed by atoms with Gasteiger partial charge in [0.05, 0.1) is 19.3 Å². The molecule has 2 unspecified atom stereocenters. The summed E-state index contributed by atoms with van der Waals surface area (Å²) in [5, 5.41) is 0.689. The number of halogens is 4. The number of ether oxygens (including phenoxy) is 2. The second kappa shape index (κ2) is 6.17. The van der Waals surface area contributed by atoms with Gasteiger partial charge in [-0.3, -0.25) is 0 Å². The quantitative estimate of drug-likeness (QED) is 0.766. The molecule has 0 amide bonds. The summed E-state index contributed by atoms with van der Waals surface area (Å²) < 4.78 is 9.70. The first kappa shape index (κ1) is 14.7. The minimum Gasteiger partial charge on any atom is -0.371 e. The summed E-state index contributed by atoms with van der Waals surface area (Å²) in [6.07, 6.45) is 0.0849. The molecule has 0 saturated carbocycles. The molecule has 1 fully saturated rings. The van der Waals surface area contributed by atoms with Crippen molar-refractivity contribution in [3.63, 3.8) is 0 Å². The first-order valence-corrected chi connectivity index (χ1v) is 7.01. The summed E-state index contributed by atoms with van der Waals surface area (Å²) in [6.45, 7) is 0.864. The molecule has 0 N–H and O–H groups in total. The van der Waals surface area contributed by atoms with Gasteiger partial charge in [-0.05, 0) is 11.6 Å². The zero-order chi connectivity index (χ0) is 13.2. The molecule has 6 heteroatoms. The van der Waals surface area contributed by atoms with E-state index in [0.717, 1.165) is 5.56 Å². The molecular formula is C12H12Cl4O2. The Bertz CT molecular complexity index is 405. The zero-order valence-corrected chi connectivity index (χ0v) is 12.4. The molecule has 1 aliphatic rings. The lowest BCUT2D eigenvalue weighted by Crippen LogP contribution is -2.24. The molecule has 1 saturated heterocycles. The standard InChI is InChI=1S/C12H12Cl4O2/c13-10-4-2-1-3-8(10)6-17-9-5-11(18-7-9)12(14,15)16/h1-4,9,11H,5-7H2. The average molecular weight is 330 g/mol. The Morgan fingerprint density at radius 2 is 2.00 bits per heavy atom. The second-order valence-corrected chi connectivity index (χ2v) is 6.90. The van der Waals surface area contributed by atoms with Gasteiger partial charge in [-0.25, -0.2) is 0 Å². The van der Waals surface area contributed by atoms with Gasteiger partial charge in [0.1, 0.15) is 6.10 Å². The highest BCUT2D eigenvalue weighted by Crippen LogP contribution is 2.38. The Morgan fingerprint density at radius 1 is 1.28 bits per heavy atom. The summed E-state index contributed by atoms with van der Waals surface area (Å²) in [7, 11) is 0.